The van der Waals surface area contributed by atoms with E-state index in [0.717, 1.165) is 25.6 Å². The van der Waals surface area contributed by atoms with Crippen LogP contribution in [0.1, 0.15) is 39.3 Å². The molecular weight excluding hydrogens is 475 g/mol. The van der Waals surface area contributed by atoms with Crippen molar-refractivity contribution in [1.82, 2.24) is 15.1 Å². The molecule has 174 valence electrons. The molecule has 0 saturated heterocycles. The van der Waals surface area contributed by atoms with E-state index in [4.69, 9.17) is 17.3 Å². The van der Waals surface area contributed by atoms with E-state index in [2.05, 4.69) is 10.4 Å². The zero-order chi connectivity index (χ0) is 24.4. The number of rotatable bonds is 7. The van der Waals surface area contributed by atoms with Crippen molar-refractivity contribution in [2.24, 2.45) is 5.73 Å². The molecule has 2 heterocycles. The molecule has 0 spiro atoms. The van der Waals surface area contributed by atoms with E-state index < -0.39 is 17.3 Å². The van der Waals surface area contributed by atoms with Crippen molar-refractivity contribution in [3.05, 3.63) is 104 Å². The van der Waals surface area contributed by atoms with Crippen LogP contribution in [0.15, 0.2) is 65.5 Å². The van der Waals surface area contributed by atoms with Crippen LogP contribution in [0.3, 0.4) is 0 Å². The van der Waals surface area contributed by atoms with Crippen LogP contribution in [0.2, 0.25) is 5.02 Å². The van der Waals surface area contributed by atoms with Crippen LogP contribution in [0.4, 0.5) is 4.39 Å². The molecule has 2 aromatic carbocycles. The highest BCUT2D eigenvalue weighted by Crippen LogP contribution is 2.37. The molecule has 0 saturated carbocycles. The van der Waals surface area contributed by atoms with Crippen molar-refractivity contribution >= 4 is 28.8 Å². The zero-order valence-corrected chi connectivity index (χ0v) is 20.1. The summed E-state index contributed by atoms with van der Waals surface area (Å²) in [6.45, 7) is 2.55. The summed E-state index contributed by atoms with van der Waals surface area (Å²) in [7, 11) is 1.88. The number of hydrogen-bond acceptors (Lipinski definition) is 5. The fourth-order valence-electron chi connectivity index (χ4n) is 3.79. The number of nitrogens with two attached hydrogens (primary N) is 1. The van der Waals surface area contributed by atoms with Gasteiger partial charge in [-0.25, -0.2) is 4.39 Å². The summed E-state index contributed by atoms with van der Waals surface area (Å²) in [5.74, 6) is -1.77. The maximum Gasteiger partial charge on any atom is 0.271 e. The lowest BCUT2D eigenvalue weighted by Gasteiger charge is -2.15. The SMILES string of the molecule is CNCc1ccc(Cl)cc1-c1ccc([C@H](C)c2cc(=O)n(-c3ccccc3F)nc2C(N)=O)s1. The normalized spacial score (nSPS) is 12.0. The summed E-state index contributed by atoms with van der Waals surface area (Å²) in [6.07, 6.45) is 0. The number of halogens is 2. The van der Waals surface area contributed by atoms with Crippen LogP contribution in [-0.2, 0) is 6.54 Å². The van der Waals surface area contributed by atoms with Crippen LogP contribution in [0.25, 0.3) is 16.1 Å². The number of para-hydroxylation sites is 1. The minimum atomic E-state index is -0.796. The van der Waals surface area contributed by atoms with Gasteiger partial charge in [0.05, 0.1) is 0 Å². The van der Waals surface area contributed by atoms with Gasteiger partial charge in [-0.2, -0.15) is 9.78 Å². The standard InChI is InChI=1S/C25H22ClFN4O2S/c1-14(21-9-10-22(34-21)18-11-16(26)8-7-15(18)13-29-2)17-12-23(32)31(30-24(17)25(28)33)20-6-4-3-5-19(20)27/h3-12,14,29H,13H2,1-2H3,(H2,28,33)/t14-/m1/s1. The molecule has 34 heavy (non-hydrogen) atoms. The molecule has 0 fully saturated rings. The number of primary amides is 1. The van der Waals surface area contributed by atoms with Gasteiger partial charge in [0.15, 0.2) is 5.69 Å². The third kappa shape index (κ3) is 4.65. The molecule has 9 heteroatoms. The van der Waals surface area contributed by atoms with Gasteiger partial charge in [-0.05, 0) is 60.1 Å². The van der Waals surface area contributed by atoms with E-state index in [-0.39, 0.29) is 17.3 Å². The number of benzene rings is 2. The summed E-state index contributed by atoms with van der Waals surface area (Å²) in [5, 5.41) is 7.92. The van der Waals surface area contributed by atoms with Gasteiger partial charge in [0.2, 0.25) is 0 Å². The predicted octanol–water partition coefficient (Wildman–Crippen LogP) is 4.72. The summed E-state index contributed by atoms with van der Waals surface area (Å²) in [5.41, 5.74) is 7.41. The van der Waals surface area contributed by atoms with Crippen molar-refractivity contribution in [3.8, 4) is 16.1 Å². The second-order valence-corrected chi connectivity index (χ2v) is 9.32. The number of nitrogens with one attached hydrogen (secondary N) is 1. The van der Waals surface area contributed by atoms with Gasteiger partial charge in [-0.1, -0.05) is 36.7 Å². The zero-order valence-electron chi connectivity index (χ0n) is 18.5. The largest absolute Gasteiger partial charge is 0.364 e. The number of carbonyl (C=O) groups excluding carboxylic acids is 1. The number of amides is 1. The van der Waals surface area contributed by atoms with Gasteiger partial charge >= 0.3 is 0 Å². The summed E-state index contributed by atoms with van der Waals surface area (Å²) in [4.78, 5) is 27.0. The highest BCUT2D eigenvalue weighted by atomic mass is 35.5. The fraction of sp³-hybridized carbons (Fsp3) is 0.160. The average Bonchev–Trinajstić information content (AvgIpc) is 3.30. The Hall–Kier alpha value is -3.33. The van der Waals surface area contributed by atoms with Crippen LogP contribution in [0, 0.1) is 5.82 Å². The Labute approximate surface area is 204 Å². The van der Waals surface area contributed by atoms with Crippen LogP contribution in [0.5, 0.6) is 0 Å². The Morgan fingerprint density at radius 3 is 2.68 bits per heavy atom. The van der Waals surface area contributed by atoms with Gasteiger partial charge in [0.1, 0.15) is 11.5 Å². The molecule has 0 unspecified atom stereocenters. The Bertz CT molecular complexity index is 1430. The molecule has 0 aliphatic heterocycles. The molecule has 4 aromatic rings. The number of carbonyl (C=O) groups is 1. The summed E-state index contributed by atoms with van der Waals surface area (Å²) >= 11 is 7.77. The molecule has 0 radical (unpaired) electrons. The van der Waals surface area contributed by atoms with Crippen molar-refractivity contribution in [3.63, 3.8) is 0 Å². The number of aromatic nitrogens is 2. The average molecular weight is 497 g/mol. The van der Waals surface area contributed by atoms with Gasteiger partial charge in [-0.3, -0.25) is 9.59 Å². The first-order valence-corrected chi connectivity index (χ1v) is 11.7. The quantitative estimate of drug-likeness (QED) is 0.387. The van der Waals surface area contributed by atoms with Crippen molar-refractivity contribution in [2.75, 3.05) is 7.05 Å². The molecule has 2 aromatic heterocycles. The number of hydrogen-bond donors (Lipinski definition) is 2. The highest BCUT2D eigenvalue weighted by molar-refractivity contribution is 7.15. The van der Waals surface area contributed by atoms with E-state index in [1.165, 1.54) is 35.6 Å². The van der Waals surface area contributed by atoms with Crippen LogP contribution < -0.4 is 16.6 Å². The number of nitrogens with zero attached hydrogens (tertiary/aromatic N) is 2. The first-order valence-electron chi connectivity index (χ1n) is 10.5. The minimum absolute atomic E-state index is 0.0503. The van der Waals surface area contributed by atoms with Gasteiger partial charge in [0, 0.05) is 33.3 Å². The third-order valence-corrected chi connectivity index (χ3v) is 7.04. The lowest BCUT2D eigenvalue weighted by Crippen LogP contribution is -2.28. The van der Waals surface area contributed by atoms with Crippen LogP contribution in [-0.4, -0.2) is 22.7 Å². The van der Waals surface area contributed by atoms with Crippen LogP contribution >= 0.6 is 22.9 Å². The predicted molar refractivity (Wildman–Crippen MR) is 133 cm³/mol. The molecule has 1 amide bonds. The Kier molecular flexibility index (Phi) is 6.92. The first-order chi connectivity index (χ1) is 16.3. The molecule has 4 rings (SSSR count). The molecule has 0 bridgehead atoms. The molecule has 6 nitrogen and oxygen atoms in total. The lowest BCUT2D eigenvalue weighted by molar-refractivity contribution is 0.0992. The summed E-state index contributed by atoms with van der Waals surface area (Å²) in [6, 6.07) is 16.7. The van der Waals surface area contributed by atoms with E-state index in [0.29, 0.717) is 17.1 Å². The van der Waals surface area contributed by atoms with E-state index in [9.17, 15) is 14.0 Å². The molecule has 1 atom stereocenters. The first kappa shape index (κ1) is 23.8. The van der Waals surface area contributed by atoms with Gasteiger partial charge in [-0.15, -0.1) is 11.3 Å². The fourth-order valence-corrected chi connectivity index (χ4v) is 5.10. The molecule has 3 N–H and O–H groups in total. The van der Waals surface area contributed by atoms with Crippen molar-refractivity contribution in [1.29, 1.82) is 0 Å². The molecule has 0 aliphatic rings. The monoisotopic (exact) mass is 496 g/mol. The third-order valence-electron chi connectivity index (χ3n) is 5.50. The Morgan fingerprint density at radius 2 is 1.97 bits per heavy atom. The maximum atomic E-state index is 14.3. The second-order valence-electron chi connectivity index (χ2n) is 7.77. The van der Waals surface area contributed by atoms with Crippen molar-refractivity contribution in [2.45, 2.75) is 19.4 Å². The minimum Gasteiger partial charge on any atom is -0.364 e. The van der Waals surface area contributed by atoms with E-state index in [1.54, 1.807) is 6.07 Å². The maximum absolute atomic E-state index is 14.3. The molecular formula is C25H22ClFN4O2S. The van der Waals surface area contributed by atoms with Gasteiger partial charge < -0.3 is 11.1 Å². The molecule has 0 aliphatic carbocycles. The summed E-state index contributed by atoms with van der Waals surface area (Å²) < 4.78 is 15.1. The highest BCUT2D eigenvalue weighted by Gasteiger charge is 2.23. The topological polar surface area (TPSA) is 90.0 Å². The number of thiophene rings is 1. The lowest BCUT2D eigenvalue weighted by atomic mass is 9.98. The Balaban J connectivity index is 1.77. The van der Waals surface area contributed by atoms with E-state index in [1.807, 2.05) is 44.3 Å². The Morgan fingerprint density at radius 1 is 1.21 bits per heavy atom. The van der Waals surface area contributed by atoms with E-state index >= 15 is 0 Å². The smallest absolute Gasteiger partial charge is 0.271 e. The van der Waals surface area contributed by atoms with Gasteiger partial charge in [0.25, 0.3) is 11.5 Å². The van der Waals surface area contributed by atoms with Crippen molar-refractivity contribution < 1.29 is 9.18 Å². The second kappa shape index (κ2) is 9.89.